The van der Waals surface area contributed by atoms with Gasteiger partial charge < -0.3 is 9.73 Å². The smallest absolute Gasteiger partial charge is 0.219 e. The van der Waals surface area contributed by atoms with Gasteiger partial charge in [-0.25, -0.2) is 0 Å². The average molecular weight is 383 g/mol. The Bertz CT molecular complexity index is 732. The summed E-state index contributed by atoms with van der Waals surface area (Å²) in [4.78, 5) is 14.3. The van der Waals surface area contributed by atoms with E-state index in [0.29, 0.717) is 18.5 Å². The van der Waals surface area contributed by atoms with Gasteiger partial charge in [0.15, 0.2) is 0 Å². The molecule has 4 heteroatoms. The Balaban J connectivity index is 1.33. The zero-order valence-electron chi connectivity index (χ0n) is 17.2. The second-order valence-corrected chi connectivity index (χ2v) is 8.65. The third-order valence-electron chi connectivity index (χ3n) is 6.86. The number of hydrogen-bond donors (Lipinski definition) is 1. The quantitative estimate of drug-likeness (QED) is 0.729. The molecule has 0 spiro atoms. The number of fused-ring (bicyclic) bond motifs is 1. The molecule has 0 radical (unpaired) electrons. The van der Waals surface area contributed by atoms with Crippen LogP contribution in [0.15, 0.2) is 34.9 Å². The molecule has 0 aromatic heterocycles. The maximum Gasteiger partial charge on any atom is 0.219 e. The van der Waals surface area contributed by atoms with Crippen LogP contribution in [0.4, 0.5) is 0 Å². The van der Waals surface area contributed by atoms with Crippen molar-refractivity contribution in [3.8, 4) is 11.3 Å². The van der Waals surface area contributed by atoms with Crippen LogP contribution in [0.3, 0.4) is 0 Å². The second kappa shape index (κ2) is 9.13. The fourth-order valence-electron chi connectivity index (χ4n) is 5.19. The first-order chi connectivity index (χ1) is 13.7. The monoisotopic (exact) mass is 382 g/mol. The average Bonchev–Trinajstić information content (AvgIpc) is 3.22. The lowest BCUT2D eigenvalue weighted by atomic mass is 9.83. The van der Waals surface area contributed by atoms with Gasteiger partial charge in [-0.2, -0.15) is 0 Å². The molecule has 1 saturated carbocycles. The van der Waals surface area contributed by atoms with Crippen molar-refractivity contribution >= 4 is 5.91 Å². The molecule has 1 unspecified atom stereocenters. The van der Waals surface area contributed by atoms with Gasteiger partial charge in [-0.3, -0.25) is 9.69 Å². The van der Waals surface area contributed by atoms with Gasteiger partial charge in [-0.15, -0.1) is 0 Å². The molecule has 2 heterocycles. The topological polar surface area (TPSA) is 45.5 Å². The van der Waals surface area contributed by atoms with Crippen LogP contribution < -0.4 is 5.32 Å². The molecule has 2 fully saturated rings. The third-order valence-corrected chi connectivity index (χ3v) is 6.86. The van der Waals surface area contributed by atoms with Gasteiger partial charge in [-0.1, -0.05) is 25.5 Å². The largest absolute Gasteiger partial charge is 0.464 e. The summed E-state index contributed by atoms with van der Waals surface area (Å²) in [6.45, 7) is 4.33. The van der Waals surface area contributed by atoms with Crippen molar-refractivity contribution in [2.45, 2.75) is 76.8 Å². The van der Waals surface area contributed by atoms with Crippen LogP contribution in [0, 0.1) is 5.92 Å². The lowest BCUT2D eigenvalue weighted by Gasteiger charge is -2.38. The van der Waals surface area contributed by atoms with Crippen LogP contribution >= 0.6 is 0 Å². The normalized spacial score (nSPS) is 26.4. The molecule has 1 N–H and O–H groups in total. The molecule has 4 rings (SSSR count). The van der Waals surface area contributed by atoms with Crippen molar-refractivity contribution in [2.24, 2.45) is 5.92 Å². The number of nitrogens with one attached hydrogen (secondary N) is 1. The number of amides is 1. The molecule has 4 nitrogen and oxygen atoms in total. The first kappa shape index (κ1) is 19.5. The van der Waals surface area contributed by atoms with Crippen molar-refractivity contribution < 1.29 is 9.21 Å². The van der Waals surface area contributed by atoms with Crippen molar-refractivity contribution in [2.75, 3.05) is 13.1 Å². The number of carbonyl (C=O) groups excluding carboxylic acids is 1. The summed E-state index contributed by atoms with van der Waals surface area (Å²) in [5.74, 6) is 2.02. The predicted molar refractivity (Wildman–Crippen MR) is 112 cm³/mol. The minimum Gasteiger partial charge on any atom is -0.464 e. The summed E-state index contributed by atoms with van der Waals surface area (Å²) in [5, 5.41) is 3.18. The molecule has 0 aromatic carbocycles. The van der Waals surface area contributed by atoms with Gasteiger partial charge in [0.05, 0.1) is 6.26 Å². The Labute approximate surface area is 169 Å². The summed E-state index contributed by atoms with van der Waals surface area (Å²) < 4.78 is 5.67. The molecule has 4 aliphatic rings. The summed E-state index contributed by atoms with van der Waals surface area (Å²) in [5.41, 5.74) is 2.73. The van der Waals surface area contributed by atoms with E-state index in [2.05, 4.69) is 34.5 Å². The SMILES string of the molecule is CCC(=O)N[C@H]1CC[C@H](CCN2CCCCC2c2ccoc3cccc2-3)CC1. The number of nitrogens with zero attached hydrogens (tertiary/aromatic N) is 1. The van der Waals surface area contributed by atoms with Gasteiger partial charge in [0, 0.05) is 24.1 Å². The van der Waals surface area contributed by atoms with Gasteiger partial charge >= 0.3 is 0 Å². The molecule has 1 amide bonds. The van der Waals surface area contributed by atoms with Crippen LogP contribution in [0.1, 0.15) is 76.3 Å². The fourth-order valence-corrected chi connectivity index (χ4v) is 5.19. The lowest BCUT2D eigenvalue weighted by molar-refractivity contribution is -0.121. The third kappa shape index (κ3) is 4.43. The molecule has 0 bridgehead atoms. The highest BCUT2D eigenvalue weighted by molar-refractivity contribution is 5.75. The number of likely N-dealkylation sites (tertiary alicyclic amines) is 1. The first-order valence-corrected chi connectivity index (χ1v) is 11.2. The minimum absolute atomic E-state index is 0.202. The molecular formula is C24H34N2O2. The van der Waals surface area contributed by atoms with E-state index in [-0.39, 0.29) is 5.91 Å². The number of piperidine rings is 1. The summed E-state index contributed by atoms with van der Waals surface area (Å²) in [6.07, 6.45) is 12.4. The van der Waals surface area contributed by atoms with Gasteiger partial charge in [0.1, 0.15) is 5.76 Å². The van der Waals surface area contributed by atoms with E-state index in [1.807, 2.05) is 13.2 Å². The number of rotatable bonds is 6. The molecule has 152 valence electrons. The van der Waals surface area contributed by atoms with Crippen LogP contribution in [-0.2, 0) is 4.79 Å². The van der Waals surface area contributed by atoms with E-state index in [0.717, 1.165) is 24.5 Å². The van der Waals surface area contributed by atoms with Crippen molar-refractivity contribution in [1.82, 2.24) is 10.2 Å². The summed E-state index contributed by atoms with van der Waals surface area (Å²) >= 11 is 0. The maximum absolute atomic E-state index is 11.6. The highest BCUT2D eigenvalue weighted by Crippen LogP contribution is 2.39. The molecule has 2 aliphatic carbocycles. The van der Waals surface area contributed by atoms with E-state index in [9.17, 15) is 4.79 Å². The van der Waals surface area contributed by atoms with E-state index in [4.69, 9.17) is 4.42 Å². The van der Waals surface area contributed by atoms with E-state index in [1.54, 1.807) is 0 Å². The first-order valence-electron chi connectivity index (χ1n) is 11.2. The van der Waals surface area contributed by atoms with E-state index >= 15 is 0 Å². The number of carbonyl (C=O) groups is 1. The van der Waals surface area contributed by atoms with Crippen LogP contribution in [0.5, 0.6) is 0 Å². The van der Waals surface area contributed by atoms with Gasteiger partial charge in [0.25, 0.3) is 0 Å². The summed E-state index contributed by atoms with van der Waals surface area (Å²) in [7, 11) is 0. The molecule has 0 aromatic rings. The van der Waals surface area contributed by atoms with Gasteiger partial charge in [-0.05, 0) is 81.6 Å². The fraction of sp³-hybridized carbons (Fsp3) is 0.625. The Morgan fingerprint density at radius 3 is 2.82 bits per heavy atom. The Morgan fingerprint density at radius 1 is 1.14 bits per heavy atom. The van der Waals surface area contributed by atoms with Crippen molar-refractivity contribution in [1.29, 1.82) is 0 Å². The van der Waals surface area contributed by atoms with Crippen LogP contribution in [0.25, 0.3) is 11.3 Å². The zero-order valence-corrected chi connectivity index (χ0v) is 17.2. The summed E-state index contributed by atoms with van der Waals surface area (Å²) in [6, 6.07) is 9.49. The van der Waals surface area contributed by atoms with E-state index < -0.39 is 0 Å². The highest BCUT2D eigenvalue weighted by Gasteiger charge is 2.28. The molecular weight excluding hydrogens is 348 g/mol. The van der Waals surface area contributed by atoms with Crippen LogP contribution in [-0.4, -0.2) is 29.9 Å². The van der Waals surface area contributed by atoms with Crippen molar-refractivity contribution in [3.05, 3.63) is 36.1 Å². The predicted octanol–water partition coefficient (Wildman–Crippen LogP) is 5.39. The standard InChI is InChI=1S/C24H34N2O2/c1-2-24(27)25-19-11-9-18(10-12-19)13-16-26-15-4-3-7-22(26)20-14-17-28-23-8-5-6-21(20)23/h5-6,8,14,17-19,22H,2-4,7,9-13,15-16H2,1H3,(H,25,27)/t18-,19-,22?. The second-order valence-electron chi connectivity index (χ2n) is 8.65. The van der Waals surface area contributed by atoms with Gasteiger partial charge in [0.2, 0.25) is 5.91 Å². The highest BCUT2D eigenvalue weighted by atomic mass is 16.3. The van der Waals surface area contributed by atoms with Crippen molar-refractivity contribution in [3.63, 3.8) is 0 Å². The maximum atomic E-state index is 11.6. The Kier molecular flexibility index (Phi) is 6.36. The lowest BCUT2D eigenvalue weighted by Crippen LogP contribution is -2.38. The number of hydrogen-bond acceptors (Lipinski definition) is 3. The molecule has 1 atom stereocenters. The Hall–Kier alpha value is -1.81. The van der Waals surface area contributed by atoms with E-state index in [1.165, 1.54) is 62.7 Å². The minimum atomic E-state index is 0.202. The Morgan fingerprint density at radius 2 is 2.00 bits per heavy atom. The molecule has 1 saturated heterocycles. The van der Waals surface area contributed by atoms with Crippen LogP contribution in [0.2, 0.25) is 0 Å². The molecule has 28 heavy (non-hydrogen) atoms. The molecule has 2 aliphatic heterocycles. The zero-order chi connectivity index (χ0) is 19.3.